The zero-order valence-corrected chi connectivity index (χ0v) is 10.1. The van der Waals surface area contributed by atoms with Crippen molar-refractivity contribution < 1.29 is 17.8 Å². The molecule has 86 valence electrons. The summed E-state index contributed by atoms with van der Waals surface area (Å²) in [6, 6.07) is 2.56. The van der Waals surface area contributed by atoms with Gasteiger partial charge in [-0.05, 0) is 12.1 Å². The van der Waals surface area contributed by atoms with E-state index >= 15 is 0 Å². The molecule has 2 rings (SSSR count). The van der Waals surface area contributed by atoms with Crippen molar-refractivity contribution in [3.8, 4) is 0 Å². The van der Waals surface area contributed by atoms with E-state index in [2.05, 4.69) is 5.32 Å². The van der Waals surface area contributed by atoms with Crippen LogP contribution in [0.5, 0.6) is 0 Å². The van der Waals surface area contributed by atoms with Gasteiger partial charge >= 0.3 is 0 Å². The number of benzene rings is 1. The van der Waals surface area contributed by atoms with Gasteiger partial charge < -0.3 is 5.32 Å². The van der Waals surface area contributed by atoms with Gasteiger partial charge in [-0.2, -0.15) is 8.42 Å². The average molecular weight is 280 g/mol. The minimum Gasteiger partial charge on any atom is -0.324 e. The first-order valence-electron chi connectivity index (χ1n) is 4.11. The minimum atomic E-state index is -4.38. The molecule has 0 saturated carbocycles. The van der Waals surface area contributed by atoms with Gasteiger partial charge in [-0.3, -0.25) is 9.35 Å². The topological polar surface area (TPSA) is 83.5 Å². The molecule has 1 aliphatic heterocycles. The predicted octanol–water partition coefficient (Wildman–Crippen LogP) is 1.63. The molecule has 1 aromatic carbocycles. The fraction of sp³-hybridized carbons (Fsp3) is 0.125. The van der Waals surface area contributed by atoms with Crippen LogP contribution in [0.1, 0.15) is 0 Å². The summed E-state index contributed by atoms with van der Waals surface area (Å²) in [5.74, 6) is 0.0373. The summed E-state index contributed by atoms with van der Waals surface area (Å²) in [7, 11) is -4.38. The highest BCUT2D eigenvalue weighted by Gasteiger charge is 2.22. The van der Waals surface area contributed by atoms with Gasteiger partial charge in [0.25, 0.3) is 10.1 Å². The zero-order valence-electron chi connectivity index (χ0n) is 7.73. The summed E-state index contributed by atoms with van der Waals surface area (Å²) in [4.78, 5) is 11.4. The maximum Gasteiger partial charge on any atom is 0.296 e. The first-order chi connectivity index (χ1) is 7.38. The largest absolute Gasteiger partial charge is 0.324 e. The molecule has 16 heavy (non-hydrogen) atoms. The molecule has 1 aliphatic rings. The first-order valence-corrected chi connectivity index (χ1v) is 6.92. The molecule has 0 aromatic heterocycles. The van der Waals surface area contributed by atoms with Crippen LogP contribution in [0.15, 0.2) is 21.9 Å². The molecule has 0 unspecified atom stereocenters. The lowest BCUT2D eigenvalue weighted by Gasteiger charge is -2.17. The lowest BCUT2D eigenvalue weighted by atomic mass is 10.3. The normalized spacial score (nSPS) is 15.5. The molecule has 0 bridgehead atoms. The molecular formula is C8H6ClNO4S2. The fourth-order valence-corrected chi connectivity index (χ4v) is 3.20. The van der Waals surface area contributed by atoms with Crippen molar-refractivity contribution in [1.29, 1.82) is 0 Å². The Morgan fingerprint density at radius 3 is 2.75 bits per heavy atom. The molecule has 0 saturated heterocycles. The fourth-order valence-electron chi connectivity index (χ4n) is 1.28. The van der Waals surface area contributed by atoms with E-state index in [1.54, 1.807) is 0 Å². The van der Waals surface area contributed by atoms with Crippen molar-refractivity contribution in [2.24, 2.45) is 0 Å². The number of nitrogens with one attached hydrogen (secondary N) is 1. The summed E-state index contributed by atoms with van der Waals surface area (Å²) in [5.41, 5.74) is 0.346. The Hall–Kier alpha value is -0.760. The van der Waals surface area contributed by atoms with E-state index in [-0.39, 0.29) is 16.7 Å². The number of fused-ring (bicyclic) bond motifs is 1. The maximum absolute atomic E-state index is 11.1. The second kappa shape index (κ2) is 3.92. The van der Waals surface area contributed by atoms with E-state index < -0.39 is 15.0 Å². The van der Waals surface area contributed by atoms with E-state index in [1.807, 2.05) is 0 Å². The van der Waals surface area contributed by atoms with Crippen molar-refractivity contribution in [3.05, 3.63) is 17.2 Å². The Morgan fingerprint density at radius 2 is 2.12 bits per heavy atom. The number of carbonyl (C=O) groups excluding carboxylic acids is 1. The van der Waals surface area contributed by atoms with Crippen LogP contribution in [0.3, 0.4) is 0 Å². The third kappa shape index (κ3) is 2.17. The molecular weight excluding hydrogens is 274 g/mol. The van der Waals surface area contributed by atoms with Gasteiger partial charge in [0, 0.05) is 4.90 Å². The number of hydrogen-bond acceptors (Lipinski definition) is 4. The van der Waals surface area contributed by atoms with E-state index in [4.69, 9.17) is 16.2 Å². The SMILES string of the molecule is O=C1CSc2cc(Cl)c(S(=O)(=O)O)cc2N1. The van der Waals surface area contributed by atoms with Crippen molar-refractivity contribution in [2.45, 2.75) is 9.79 Å². The lowest BCUT2D eigenvalue weighted by molar-refractivity contribution is -0.113. The number of halogens is 1. The van der Waals surface area contributed by atoms with Gasteiger partial charge in [0.15, 0.2) is 0 Å². The van der Waals surface area contributed by atoms with Gasteiger partial charge in [-0.1, -0.05) is 11.6 Å². The predicted molar refractivity (Wildman–Crippen MR) is 60.6 cm³/mol. The zero-order chi connectivity index (χ0) is 11.9. The van der Waals surface area contributed by atoms with Crippen LogP contribution in [0, 0.1) is 0 Å². The minimum absolute atomic E-state index is 0.0649. The molecule has 0 radical (unpaired) electrons. The third-order valence-electron chi connectivity index (χ3n) is 1.94. The van der Waals surface area contributed by atoms with Gasteiger partial charge in [0.05, 0.1) is 16.5 Å². The summed E-state index contributed by atoms with van der Waals surface area (Å²) in [5, 5.41) is 2.44. The van der Waals surface area contributed by atoms with E-state index in [9.17, 15) is 13.2 Å². The Bertz CT molecular complexity index is 570. The second-order valence-corrected chi connectivity index (χ2v) is 5.91. The molecule has 0 fully saturated rings. The van der Waals surface area contributed by atoms with E-state index in [0.29, 0.717) is 10.6 Å². The number of rotatable bonds is 1. The van der Waals surface area contributed by atoms with Crippen LogP contribution < -0.4 is 5.32 Å². The third-order valence-corrected chi connectivity index (χ3v) is 4.32. The van der Waals surface area contributed by atoms with Crippen LogP contribution in [0.2, 0.25) is 5.02 Å². The van der Waals surface area contributed by atoms with Gasteiger partial charge in [0.2, 0.25) is 5.91 Å². The molecule has 5 nitrogen and oxygen atoms in total. The van der Waals surface area contributed by atoms with Crippen molar-refractivity contribution in [3.63, 3.8) is 0 Å². The summed E-state index contributed by atoms with van der Waals surface area (Å²) >= 11 is 6.97. The highest BCUT2D eigenvalue weighted by Crippen LogP contribution is 2.37. The van der Waals surface area contributed by atoms with E-state index in [0.717, 1.165) is 6.07 Å². The van der Waals surface area contributed by atoms with Crippen LogP contribution in [0.25, 0.3) is 0 Å². The van der Waals surface area contributed by atoms with Crippen LogP contribution in [0.4, 0.5) is 5.69 Å². The van der Waals surface area contributed by atoms with Crippen molar-refractivity contribution in [1.82, 2.24) is 0 Å². The maximum atomic E-state index is 11.1. The van der Waals surface area contributed by atoms with Crippen molar-refractivity contribution in [2.75, 3.05) is 11.1 Å². The van der Waals surface area contributed by atoms with Crippen LogP contribution in [-0.2, 0) is 14.9 Å². The second-order valence-electron chi connectivity index (χ2n) is 3.09. The molecule has 0 spiro atoms. The molecule has 1 heterocycles. The Balaban J connectivity index is 2.60. The number of hydrogen-bond donors (Lipinski definition) is 2. The number of carbonyl (C=O) groups is 1. The first kappa shape index (κ1) is 11.7. The quantitative estimate of drug-likeness (QED) is 0.764. The summed E-state index contributed by atoms with van der Waals surface area (Å²) < 4.78 is 30.9. The Morgan fingerprint density at radius 1 is 1.44 bits per heavy atom. The molecule has 2 N–H and O–H groups in total. The molecule has 1 aromatic rings. The van der Waals surface area contributed by atoms with Crippen LogP contribution >= 0.6 is 23.4 Å². The Kier molecular flexibility index (Phi) is 2.87. The van der Waals surface area contributed by atoms with Gasteiger partial charge in [-0.15, -0.1) is 11.8 Å². The van der Waals surface area contributed by atoms with Crippen molar-refractivity contribution >= 4 is 45.1 Å². The monoisotopic (exact) mass is 279 g/mol. The lowest BCUT2D eigenvalue weighted by Crippen LogP contribution is -2.19. The molecule has 0 aliphatic carbocycles. The Labute approximate surface area is 101 Å². The molecule has 8 heteroatoms. The smallest absolute Gasteiger partial charge is 0.296 e. The number of thioether (sulfide) groups is 1. The highest BCUT2D eigenvalue weighted by molar-refractivity contribution is 8.00. The van der Waals surface area contributed by atoms with E-state index in [1.165, 1.54) is 17.8 Å². The summed E-state index contributed by atoms with van der Waals surface area (Å²) in [6.45, 7) is 0. The number of amides is 1. The number of anilines is 1. The molecule has 0 atom stereocenters. The van der Waals surface area contributed by atoms with Gasteiger partial charge in [0.1, 0.15) is 4.90 Å². The van der Waals surface area contributed by atoms with Gasteiger partial charge in [-0.25, -0.2) is 0 Å². The standard InChI is InChI=1S/C8H6ClNO4S2/c9-4-1-6-5(10-8(11)3-15-6)2-7(4)16(12,13)14/h1-2H,3H2,(H,10,11)(H,12,13,14). The highest BCUT2D eigenvalue weighted by atomic mass is 35.5. The summed E-state index contributed by atoms with van der Waals surface area (Å²) in [6.07, 6.45) is 0. The average Bonchev–Trinajstić information content (AvgIpc) is 2.16. The van der Waals surface area contributed by atoms with Crippen LogP contribution in [-0.4, -0.2) is 24.6 Å². The molecule has 1 amide bonds.